The van der Waals surface area contributed by atoms with Crippen molar-refractivity contribution in [2.24, 2.45) is 0 Å². The van der Waals surface area contributed by atoms with E-state index >= 15 is 0 Å². The van der Waals surface area contributed by atoms with Crippen molar-refractivity contribution in [1.82, 2.24) is 0 Å². The smallest absolute Gasteiger partial charge is 0.238 e. The molecule has 1 amide bonds. The van der Waals surface area contributed by atoms with Gasteiger partial charge < -0.3 is 5.32 Å². The van der Waals surface area contributed by atoms with Gasteiger partial charge in [0.1, 0.15) is 0 Å². The summed E-state index contributed by atoms with van der Waals surface area (Å²) in [5.41, 5.74) is 3.34. The number of benzene rings is 2. The van der Waals surface area contributed by atoms with Crippen LogP contribution in [0.15, 0.2) is 51.8 Å². The molecular weight excluding hydrogens is 334 g/mol. The van der Waals surface area contributed by atoms with Gasteiger partial charge in [-0.1, -0.05) is 39.7 Å². The molecule has 1 heterocycles. The molecule has 0 radical (unpaired) electrons. The van der Waals surface area contributed by atoms with Crippen LogP contribution in [0.3, 0.4) is 0 Å². The monoisotopic (exact) mass is 347 g/mol. The molecule has 2 aromatic carbocycles. The van der Waals surface area contributed by atoms with Crippen LogP contribution < -0.4 is 5.32 Å². The Bertz CT molecular complexity index is 671. The fourth-order valence-corrected chi connectivity index (χ4v) is 3.96. The molecule has 4 heteroatoms. The van der Waals surface area contributed by atoms with E-state index in [0.29, 0.717) is 0 Å². The van der Waals surface area contributed by atoms with Crippen LogP contribution in [0.1, 0.15) is 11.1 Å². The van der Waals surface area contributed by atoms with E-state index in [-0.39, 0.29) is 11.2 Å². The Labute approximate surface area is 131 Å². The molecule has 0 unspecified atom stereocenters. The number of thioether (sulfide) groups is 1. The van der Waals surface area contributed by atoms with Crippen molar-refractivity contribution in [3.63, 3.8) is 0 Å². The van der Waals surface area contributed by atoms with Gasteiger partial charge in [-0.05, 0) is 43.2 Å². The third-order valence-electron chi connectivity index (χ3n) is 3.28. The minimum absolute atomic E-state index is 0.0363. The van der Waals surface area contributed by atoms with Crippen LogP contribution in [0.25, 0.3) is 0 Å². The topological polar surface area (TPSA) is 29.1 Å². The molecule has 102 valence electrons. The van der Waals surface area contributed by atoms with E-state index in [1.54, 1.807) is 11.8 Å². The number of carbonyl (C=O) groups excluding carboxylic acids is 1. The summed E-state index contributed by atoms with van der Waals surface area (Å²) in [6.45, 7) is 2.08. The van der Waals surface area contributed by atoms with Gasteiger partial charge in [0.05, 0.1) is 5.25 Å². The van der Waals surface area contributed by atoms with Crippen molar-refractivity contribution >= 4 is 39.3 Å². The quantitative estimate of drug-likeness (QED) is 0.871. The third-order valence-corrected chi connectivity index (χ3v) is 5.07. The predicted molar refractivity (Wildman–Crippen MR) is 87.3 cm³/mol. The summed E-state index contributed by atoms with van der Waals surface area (Å²) in [7, 11) is 0. The van der Waals surface area contributed by atoms with Gasteiger partial charge >= 0.3 is 0 Å². The Kier molecular flexibility index (Phi) is 3.85. The van der Waals surface area contributed by atoms with Crippen molar-refractivity contribution in [3.05, 3.63) is 58.1 Å². The van der Waals surface area contributed by atoms with Gasteiger partial charge in [-0.2, -0.15) is 0 Å². The first-order chi connectivity index (χ1) is 9.61. The lowest BCUT2D eigenvalue weighted by Crippen LogP contribution is -2.24. The first-order valence-electron chi connectivity index (χ1n) is 6.44. The number of carbonyl (C=O) groups is 1. The molecule has 1 aliphatic heterocycles. The SMILES string of the molecule is Cc1ccc2c(c1)S[C@@H](C(=O)Nc1cccc(Br)c1)C2. The number of aryl methyl sites for hydroxylation is 1. The first-order valence-corrected chi connectivity index (χ1v) is 8.12. The fraction of sp³-hybridized carbons (Fsp3) is 0.188. The molecule has 3 rings (SSSR count). The zero-order valence-electron chi connectivity index (χ0n) is 11.0. The standard InChI is InChI=1S/C16H14BrNOS/c1-10-5-6-11-8-15(20-14(11)7-10)16(19)18-13-4-2-3-12(17)9-13/h2-7,9,15H,8H2,1H3,(H,18,19)/t15-/m1/s1. The highest BCUT2D eigenvalue weighted by Gasteiger charge is 2.28. The van der Waals surface area contributed by atoms with Crippen LogP contribution in [-0.2, 0) is 11.2 Å². The number of anilines is 1. The average molecular weight is 348 g/mol. The third kappa shape index (κ3) is 2.91. The van der Waals surface area contributed by atoms with Crippen molar-refractivity contribution in [2.75, 3.05) is 5.32 Å². The Morgan fingerprint density at radius 3 is 2.95 bits per heavy atom. The summed E-state index contributed by atoms with van der Waals surface area (Å²) in [6.07, 6.45) is 0.806. The number of hydrogen-bond acceptors (Lipinski definition) is 2. The van der Waals surface area contributed by atoms with Crippen molar-refractivity contribution < 1.29 is 4.79 Å². The van der Waals surface area contributed by atoms with Gasteiger partial charge in [-0.3, -0.25) is 4.79 Å². The maximum Gasteiger partial charge on any atom is 0.238 e. The minimum Gasteiger partial charge on any atom is -0.325 e. The van der Waals surface area contributed by atoms with Crippen LogP contribution >= 0.6 is 27.7 Å². The summed E-state index contributed by atoms with van der Waals surface area (Å²) in [5.74, 6) is 0.0713. The highest BCUT2D eigenvalue weighted by atomic mass is 79.9. The zero-order chi connectivity index (χ0) is 14.1. The van der Waals surface area contributed by atoms with Gasteiger partial charge in [0, 0.05) is 15.1 Å². The van der Waals surface area contributed by atoms with E-state index in [4.69, 9.17) is 0 Å². The molecule has 1 atom stereocenters. The Morgan fingerprint density at radius 1 is 1.30 bits per heavy atom. The second-order valence-electron chi connectivity index (χ2n) is 4.92. The van der Waals surface area contributed by atoms with Crippen LogP contribution in [0, 0.1) is 6.92 Å². The number of nitrogens with one attached hydrogen (secondary N) is 1. The molecule has 2 nitrogen and oxygen atoms in total. The average Bonchev–Trinajstić information content (AvgIpc) is 2.81. The predicted octanol–water partition coefficient (Wildman–Crippen LogP) is 4.41. The second kappa shape index (κ2) is 5.62. The fourth-order valence-electron chi connectivity index (χ4n) is 2.27. The summed E-state index contributed by atoms with van der Waals surface area (Å²) in [4.78, 5) is 13.6. The van der Waals surface area contributed by atoms with Gasteiger partial charge in [0.25, 0.3) is 0 Å². The van der Waals surface area contributed by atoms with E-state index in [2.05, 4.69) is 46.4 Å². The largest absolute Gasteiger partial charge is 0.325 e. The molecule has 20 heavy (non-hydrogen) atoms. The Balaban J connectivity index is 1.71. The molecular formula is C16H14BrNOS. The van der Waals surface area contributed by atoms with Crippen LogP contribution in [0.4, 0.5) is 5.69 Å². The molecule has 0 saturated heterocycles. The normalized spacial score (nSPS) is 16.8. The summed E-state index contributed by atoms with van der Waals surface area (Å²) >= 11 is 5.07. The number of fused-ring (bicyclic) bond motifs is 1. The van der Waals surface area contributed by atoms with Gasteiger partial charge in [0.15, 0.2) is 0 Å². The highest BCUT2D eigenvalue weighted by Crippen LogP contribution is 2.38. The van der Waals surface area contributed by atoms with Gasteiger partial charge in [0.2, 0.25) is 5.91 Å². The molecule has 2 aromatic rings. The zero-order valence-corrected chi connectivity index (χ0v) is 13.4. The highest BCUT2D eigenvalue weighted by molar-refractivity contribution is 9.10. The lowest BCUT2D eigenvalue weighted by Gasteiger charge is -2.10. The van der Waals surface area contributed by atoms with E-state index < -0.39 is 0 Å². The molecule has 0 spiro atoms. The van der Waals surface area contributed by atoms with E-state index in [1.165, 1.54) is 16.0 Å². The lowest BCUT2D eigenvalue weighted by atomic mass is 10.1. The Hall–Kier alpha value is -1.26. The molecule has 0 bridgehead atoms. The van der Waals surface area contributed by atoms with Crippen LogP contribution in [-0.4, -0.2) is 11.2 Å². The molecule has 1 aliphatic rings. The molecule has 1 N–H and O–H groups in total. The van der Waals surface area contributed by atoms with E-state index in [9.17, 15) is 4.79 Å². The summed E-state index contributed by atoms with van der Waals surface area (Å²) < 4.78 is 0.966. The van der Waals surface area contributed by atoms with Crippen LogP contribution in [0.5, 0.6) is 0 Å². The molecule has 0 aliphatic carbocycles. The van der Waals surface area contributed by atoms with Crippen molar-refractivity contribution in [2.45, 2.75) is 23.5 Å². The van der Waals surface area contributed by atoms with Crippen molar-refractivity contribution in [1.29, 1.82) is 0 Å². The molecule has 0 aromatic heterocycles. The van der Waals surface area contributed by atoms with E-state index in [0.717, 1.165) is 16.6 Å². The van der Waals surface area contributed by atoms with Crippen molar-refractivity contribution in [3.8, 4) is 0 Å². The van der Waals surface area contributed by atoms with E-state index in [1.807, 2.05) is 24.3 Å². The maximum absolute atomic E-state index is 12.3. The summed E-state index contributed by atoms with van der Waals surface area (Å²) in [6, 6.07) is 14.1. The van der Waals surface area contributed by atoms with Gasteiger partial charge in [-0.25, -0.2) is 0 Å². The number of rotatable bonds is 2. The first kappa shape index (κ1) is 13.7. The van der Waals surface area contributed by atoms with Crippen LogP contribution in [0.2, 0.25) is 0 Å². The Morgan fingerprint density at radius 2 is 2.15 bits per heavy atom. The lowest BCUT2D eigenvalue weighted by molar-refractivity contribution is -0.115. The molecule has 0 saturated carbocycles. The number of hydrogen-bond donors (Lipinski definition) is 1. The maximum atomic E-state index is 12.3. The molecule has 0 fully saturated rings. The van der Waals surface area contributed by atoms with Gasteiger partial charge in [-0.15, -0.1) is 11.8 Å². The number of amides is 1. The summed E-state index contributed by atoms with van der Waals surface area (Å²) in [5, 5.41) is 2.95. The number of halogens is 1. The minimum atomic E-state index is -0.0363. The second-order valence-corrected chi connectivity index (χ2v) is 7.08.